The molecule has 0 saturated carbocycles. The largest absolute Gasteiger partial charge is 0.507 e. The Morgan fingerprint density at radius 3 is 2.75 bits per heavy atom. The highest BCUT2D eigenvalue weighted by atomic mass is 19.1. The van der Waals surface area contributed by atoms with E-state index in [0.29, 0.717) is 60.6 Å². The van der Waals surface area contributed by atoms with E-state index >= 15 is 0 Å². The summed E-state index contributed by atoms with van der Waals surface area (Å²) in [6, 6.07) is 11.2. The Bertz CT molecular complexity index is 1110. The SMILES string of the molecule is COCCOC(=O)NC1CCN(c2nc(-c3ccccc3O)nc3ccc(F)cc23)CC1.[HH]. The Morgan fingerprint density at radius 2 is 2.00 bits per heavy atom. The van der Waals surface area contributed by atoms with Gasteiger partial charge in [-0.3, -0.25) is 0 Å². The molecule has 2 N–H and O–H groups in total. The van der Waals surface area contributed by atoms with E-state index in [1.165, 1.54) is 12.1 Å². The summed E-state index contributed by atoms with van der Waals surface area (Å²) in [6.07, 6.45) is 0.912. The van der Waals surface area contributed by atoms with E-state index < -0.39 is 6.09 Å². The van der Waals surface area contributed by atoms with Gasteiger partial charge in [-0.15, -0.1) is 0 Å². The number of halogens is 1. The van der Waals surface area contributed by atoms with Crippen LogP contribution in [0.3, 0.4) is 0 Å². The van der Waals surface area contributed by atoms with Crippen molar-refractivity contribution in [3.05, 3.63) is 48.3 Å². The van der Waals surface area contributed by atoms with Gasteiger partial charge < -0.3 is 24.8 Å². The number of carbonyl (C=O) groups excluding carboxylic acids is 1. The van der Waals surface area contributed by atoms with Gasteiger partial charge in [-0.1, -0.05) is 12.1 Å². The lowest BCUT2D eigenvalue weighted by atomic mass is 10.0. The van der Waals surface area contributed by atoms with E-state index in [0.717, 1.165) is 0 Å². The molecule has 0 aliphatic carbocycles. The number of nitrogens with one attached hydrogen (secondary N) is 1. The lowest BCUT2D eigenvalue weighted by Gasteiger charge is -2.33. The second-order valence-corrected chi connectivity index (χ2v) is 7.58. The zero-order valence-corrected chi connectivity index (χ0v) is 17.8. The summed E-state index contributed by atoms with van der Waals surface area (Å²) in [4.78, 5) is 23.2. The number of carbonyl (C=O) groups is 1. The van der Waals surface area contributed by atoms with E-state index in [4.69, 9.17) is 14.5 Å². The molecule has 4 rings (SSSR count). The number of rotatable bonds is 6. The number of nitrogens with zero attached hydrogens (tertiary/aromatic N) is 3. The second-order valence-electron chi connectivity index (χ2n) is 7.58. The number of phenols is 1. The van der Waals surface area contributed by atoms with Crippen LogP contribution >= 0.6 is 0 Å². The predicted molar refractivity (Wildman–Crippen MR) is 120 cm³/mol. The Labute approximate surface area is 186 Å². The van der Waals surface area contributed by atoms with E-state index in [1.807, 2.05) is 0 Å². The minimum atomic E-state index is -0.461. The molecule has 0 bridgehead atoms. The Morgan fingerprint density at radius 1 is 1.22 bits per heavy atom. The van der Waals surface area contributed by atoms with Crippen molar-refractivity contribution in [3.8, 4) is 17.1 Å². The molecule has 1 amide bonds. The zero-order valence-electron chi connectivity index (χ0n) is 17.8. The van der Waals surface area contributed by atoms with Gasteiger partial charge in [-0.05, 0) is 43.2 Å². The van der Waals surface area contributed by atoms with E-state index in [1.54, 1.807) is 37.4 Å². The number of aromatic nitrogens is 2. The van der Waals surface area contributed by atoms with Gasteiger partial charge >= 0.3 is 6.09 Å². The normalized spacial score (nSPS) is 14.5. The summed E-state index contributed by atoms with van der Waals surface area (Å²) < 4.78 is 24.0. The highest BCUT2D eigenvalue weighted by Crippen LogP contribution is 2.32. The molecule has 32 heavy (non-hydrogen) atoms. The molecule has 2 heterocycles. The topological polar surface area (TPSA) is 96.8 Å². The summed E-state index contributed by atoms with van der Waals surface area (Å²) in [7, 11) is 1.55. The molecule has 0 atom stereocenters. The summed E-state index contributed by atoms with van der Waals surface area (Å²) in [5, 5.41) is 13.7. The van der Waals surface area contributed by atoms with Crippen molar-refractivity contribution in [1.29, 1.82) is 0 Å². The monoisotopic (exact) mass is 442 g/mol. The average molecular weight is 442 g/mol. The molecule has 1 saturated heterocycles. The van der Waals surface area contributed by atoms with Gasteiger partial charge in [0.15, 0.2) is 5.82 Å². The number of anilines is 1. The van der Waals surface area contributed by atoms with Crippen LogP contribution in [0.5, 0.6) is 5.75 Å². The molecule has 2 aromatic carbocycles. The van der Waals surface area contributed by atoms with Crippen molar-refractivity contribution in [1.82, 2.24) is 15.3 Å². The van der Waals surface area contributed by atoms with Crippen LogP contribution in [0.15, 0.2) is 42.5 Å². The first-order chi connectivity index (χ1) is 15.5. The number of ether oxygens (including phenoxy) is 2. The van der Waals surface area contributed by atoms with Crippen LogP contribution in [0.1, 0.15) is 14.3 Å². The zero-order chi connectivity index (χ0) is 22.5. The lowest BCUT2D eigenvalue weighted by Crippen LogP contribution is -2.45. The fourth-order valence-corrected chi connectivity index (χ4v) is 3.77. The number of benzene rings is 2. The van der Waals surface area contributed by atoms with Gasteiger partial charge in [-0.25, -0.2) is 19.2 Å². The number of methoxy groups -OCH3 is 1. The van der Waals surface area contributed by atoms with Gasteiger partial charge in [0, 0.05) is 33.1 Å². The van der Waals surface area contributed by atoms with Crippen LogP contribution in [-0.4, -0.2) is 60.6 Å². The molecular weight excluding hydrogens is 415 g/mol. The van der Waals surface area contributed by atoms with E-state index in [2.05, 4.69) is 15.2 Å². The van der Waals surface area contributed by atoms with Crippen molar-refractivity contribution < 1.29 is 25.2 Å². The first-order valence-corrected chi connectivity index (χ1v) is 10.5. The number of phenolic OH excluding ortho intramolecular Hbond substituents is 1. The van der Waals surface area contributed by atoms with Crippen molar-refractivity contribution in [2.24, 2.45) is 0 Å². The average Bonchev–Trinajstić information content (AvgIpc) is 2.79. The van der Waals surface area contributed by atoms with Crippen molar-refractivity contribution >= 4 is 22.8 Å². The summed E-state index contributed by atoms with van der Waals surface area (Å²) in [6.45, 7) is 1.79. The maximum absolute atomic E-state index is 14.0. The smallest absolute Gasteiger partial charge is 0.407 e. The predicted octanol–water partition coefficient (Wildman–Crippen LogP) is 3.73. The maximum atomic E-state index is 14.0. The van der Waals surface area contributed by atoms with Crippen LogP contribution in [-0.2, 0) is 9.47 Å². The lowest BCUT2D eigenvalue weighted by molar-refractivity contribution is 0.0956. The Hall–Kier alpha value is -3.46. The molecule has 0 spiro atoms. The molecule has 3 aromatic rings. The number of aromatic hydroxyl groups is 1. The number of amides is 1. The number of para-hydroxylation sites is 1. The van der Waals surface area contributed by atoms with Gasteiger partial charge in [-0.2, -0.15) is 0 Å². The summed E-state index contributed by atoms with van der Waals surface area (Å²) in [5.74, 6) is 0.691. The number of hydrogen-bond donors (Lipinski definition) is 2. The maximum Gasteiger partial charge on any atom is 0.407 e. The third-order valence-electron chi connectivity index (χ3n) is 5.42. The van der Waals surface area contributed by atoms with Crippen LogP contribution in [0.2, 0.25) is 0 Å². The highest BCUT2D eigenvalue weighted by Gasteiger charge is 2.24. The van der Waals surface area contributed by atoms with Crippen molar-refractivity contribution in [2.45, 2.75) is 18.9 Å². The molecule has 8 nitrogen and oxygen atoms in total. The minimum Gasteiger partial charge on any atom is -0.507 e. The summed E-state index contributed by atoms with van der Waals surface area (Å²) in [5.41, 5.74) is 1.10. The molecule has 0 radical (unpaired) electrons. The quantitative estimate of drug-likeness (QED) is 0.562. The Balaban J connectivity index is 0.00000306. The van der Waals surface area contributed by atoms with Crippen LogP contribution in [0, 0.1) is 5.82 Å². The molecule has 1 fully saturated rings. The van der Waals surface area contributed by atoms with E-state index in [-0.39, 0.29) is 25.6 Å². The van der Waals surface area contributed by atoms with Gasteiger partial charge in [0.25, 0.3) is 0 Å². The van der Waals surface area contributed by atoms with Crippen LogP contribution in [0.4, 0.5) is 15.0 Å². The number of piperidine rings is 1. The van der Waals surface area contributed by atoms with Crippen LogP contribution < -0.4 is 10.2 Å². The first-order valence-electron chi connectivity index (χ1n) is 10.5. The molecule has 1 aromatic heterocycles. The molecule has 9 heteroatoms. The van der Waals surface area contributed by atoms with Gasteiger partial charge in [0.1, 0.15) is 24.0 Å². The van der Waals surface area contributed by atoms with Crippen molar-refractivity contribution in [3.63, 3.8) is 0 Å². The number of fused-ring (bicyclic) bond motifs is 1. The van der Waals surface area contributed by atoms with Gasteiger partial charge in [0.05, 0.1) is 17.7 Å². The van der Waals surface area contributed by atoms with E-state index in [9.17, 15) is 14.3 Å². The fourth-order valence-electron chi connectivity index (χ4n) is 3.77. The van der Waals surface area contributed by atoms with Crippen molar-refractivity contribution in [2.75, 3.05) is 38.3 Å². The standard InChI is InChI=1S/C23H25FN4O4.H2/c1-31-12-13-32-23(30)25-16-8-10-28(11-9-16)22-18-14-15(24)6-7-19(18)26-21(27-22)17-4-2-3-5-20(17)29;/h2-7,14,16,29H,8-13H2,1H3,(H,25,30);1H. The molecule has 170 valence electrons. The molecule has 1 aliphatic rings. The molecule has 0 unspecified atom stereocenters. The summed E-state index contributed by atoms with van der Waals surface area (Å²) >= 11 is 0. The molecular formula is C23H27FN4O4. The Kier molecular flexibility index (Phi) is 6.65. The number of alkyl carbamates (subject to hydrolysis) is 1. The molecule has 1 aliphatic heterocycles. The first kappa shape index (κ1) is 21.8. The van der Waals surface area contributed by atoms with Crippen LogP contribution in [0.25, 0.3) is 22.3 Å². The van der Waals surface area contributed by atoms with Gasteiger partial charge in [0.2, 0.25) is 0 Å². The fraction of sp³-hybridized carbons (Fsp3) is 0.348. The second kappa shape index (κ2) is 9.78. The number of hydrogen-bond acceptors (Lipinski definition) is 7. The third kappa shape index (κ3) is 4.88. The minimum absolute atomic E-state index is 0. The third-order valence-corrected chi connectivity index (χ3v) is 5.42. The highest BCUT2D eigenvalue weighted by molar-refractivity contribution is 5.91.